The molecule has 138 valence electrons. The van der Waals surface area contributed by atoms with Gasteiger partial charge in [0.2, 0.25) is 0 Å². The molecule has 2 rings (SSSR count). The van der Waals surface area contributed by atoms with Gasteiger partial charge < -0.3 is 19.5 Å². The zero-order valence-electron chi connectivity index (χ0n) is 13.5. The smallest absolute Gasteiger partial charge is 0.422 e. The van der Waals surface area contributed by atoms with E-state index in [0.29, 0.717) is 6.42 Å². The molecule has 25 heavy (non-hydrogen) atoms. The molecule has 1 aliphatic rings. The first-order valence-electron chi connectivity index (χ1n) is 7.55. The highest BCUT2D eigenvalue weighted by atomic mass is 19.4. The summed E-state index contributed by atoms with van der Waals surface area (Å²) in [6.45, 7) is -1.15. The molecule has 1 aliphatic heterocycles. The number of rotatable bonds is 6. The van der Waals surface area contributed by atoms with Crippen LogP contribution in [0.4, 0.5) is 13.2 Å². The molecule has 1 saturated heterocycles. The predicted octanol–water partition coefficient (Wildman–Crippen LogP) is 2.33. The number of likely N-dealkylation sites (tertiary alicyclic amines) is 1. The summed E-state index contributed by atoms with van der Waals surface area (Å²) in [6.07, 6.45) is -4.47. The summed E-state index contributed by atoms with van der Waals surface area (Å²) < 4.78 is 46.2. The summed E-state index contributed by atoms with van der Waals surface area (Å²) in [6, 6.07) is 4.76. The van der Waals surface area contributed by atoms with Gasteiger partial charge in [-0.2, -0.15) is 13.2 Å². The van der Waals surface area contributed by atoms with E-state index in [0.717, 1.165) is 0 Å². The van der Waals surface area contributed by atoms with Crippen LogP contribution in [0.2, 0.25) is 0 Å². The van der Waals surface area contributed by atoms with E-state index in [9.17, 15) is 22.8 Å². The number of alkyl halides is 3. The lowest BCUT2D eigenvalue weighted by Crippen LogP contribution is -2.37. The minimum absolute atomic E-state index is 0.00727. The number of ether oxygens (including phenoxy) is 2. The number of hydrogen-bond acceptors (Lipinski definition) is 4. The van der Waals surface area contributed by atoms with E-state index in [2.05, 4.69) is 4.74 Å². The maximum absolute atomic E-state index is 12.6. The van der Waals surface area contributed by atoms with E-state index < -0.39 is 30.7 Å². The van der Waals surface area contributed by atoms with Crippen molar-refractivity contribution in [1.29, 1.82) is 0 Å². The fourth-order valence-corrected chi connectivity index (χ4v) is 2.71. The third-order valence-electron chi connectivity index (χ3n) is 3.88. The largest absolute Gasteiger partial charge is 0.484 e. The van der Waals surface area contributed by atoms with Gasteiger partial charge in [0.05, 0.1) is 12.5 Å². The number of carbonyl (C=O) groups excluding carboxylic acids is 1. The average molecular weight is 361 g/mol. The summed E-state index contributed by atoms with van der Waals surface area (Å²) in [5.41, 5.74) is 0.242. The molecular weight excluding hydrogens is 343 g/mol. The monoisotopic (exact) mass is 361 g/mol. The standard InChI is InChI=1S/C16H18F3NO5/c1-24-13-6-11(7-14(21)22)20(8-13)15(23)10-2-4-12(5-3-10)25-9-16(17,18)19/h2-5,11,13H,6-9H2,1H3,(H,21,22). The summed E-state index contributed by atoms with van der Waals surface area (Å²) in [5.74, 6) is -1.42. The SMILES string of the molecule is COC1CC(CC(=O)O)N(C(=O)c2ccc(OCC(F)(F)F)cc2)C1. The average Bonchev–Trinajstić information content (AvgIpc) is 2.94. The van der Waals surface area contributed by atoms with Crippen LogP contribution in [-0.2, 0) is 9.53 Å². The molecule has 2 atom stereocenters. The van der Waals surface area contributed by atoms with E-state index in [1.807, 2.05) is 0 Å². The maximum Gasteiger partial charge on any atom is 0.422 e. The molecule has 6 nitrogen and oxygen atoms in total. The van der Waals surface area contributed by atoms with Crippen LogP contribution >= 0.6 is 0 Å². The van der Waals surface area contributed by atoms with E-state index in [4.69, 9.17) is 9.84 Å². The Balaban J connectivity index is 2.06. The molecule has 1 heterocycles. The van der Waals surface area contributed by atoms with Crippen molar-refractivity contribution in [3.8, 4) is 5.75 Å². The summed E-state index contributed by atoms with van der Waals surface area (Å²) >= 11 is 0. The molecule has 0 aromatic heterocycles. The predicted molar refractivity (Wildman–Crippen MR) is 80.5 cm³/mol. The number of carboxylic acids is 1. The van der Waals surface area contributed by atoms with Crippen molar-refractivity contribution >= 4 is 11.9 Å². The minimum atomic E-state index is -4.44. The number of methoxy groups -OCH3 is 1. The van der Waals surface area contributed by atoms with E-state index >= 15 is 0 Å². The molecule has 1 amide bonds. The van der Waals surface area contributed by atoms with Gasteiger partial charge in [-0.25, -0.2) is 0 Å². The zero-order valence-corrected chi connectivity index (χ0v) is 13.5. The number of aliphatic carboxylic acids is 1. The number of benzene rings is 1. The normalized spacial score (nSPS) is 20.6. The van der Waals surface area contributed by atoms with Crippen molar-refractivity contribution in [2.45, 2.75) is 31.2 Å². The number of carbonyl (C=O) groups is 2. The molecule has 0 bridgehead atoms. The van der Waals surface area contributed by atoms with Crippen molar-refractivity contribution in [1.82, 2.24) is 4.90 Å². The van der Waals surface area contributed by atoms with Crippen molar-refractivity contribution in [2.75, 3.05) is 20.3 Å². The van der Waals surface area contributed by atoms with Gasteiger partial charge in [-0.1, -0.05) is 0 Å². The van der Waals surface area contributed by atoms with Crippen molar-refractivity contribution in [3.05, 3.63) is 29.8 Å². The Morgan fingerprint density at radius 2 is 1.92 bits per heavy atom. The van der Waals surface area contributed by atoms with Gasteiger partial charge in [-0.15, -0.1) is 0 Å². The molecule has 1 N–H and O–H groups in total. The summed E-state index contributed by atoms with van der Waals surface area (Å²) in [7, 11) is 1.49. The van der Waals surface area contributed by atoms with Crippen LogP contribution in [0.3, 0.4) is 0 Å². The van der Waals surface area contributed by atoms with Crippen LogP contribution in [0.5, 0.6) is 5.75 Å². The third kappa shape index (κ3) is 5.35. The van der Waals surface area contributed by atoms with Gasteiger partial charge in [0, 0.05) is 25.3 Å². The lowest BCUT2D eigenvalue weighted by Gasteiger charge is -2.23. The minimum Gasteiger partial charge on any atom is -0.484 e. The molecule has 0 aliphatic carbocycles. The first kappa shape index (κ1) is 19.0. The molecular formula is C16H18F3NO5. The molecule has 0 radical (unpaired) electrons. The molecule has 2 unspecified atom stereocenters. The van der Waals surface area contributed by atoms with E-state index in [1.54, 1.807) is 0 Å². The van der Waals surface area contributed by atoms with Crippen molar-refractivity contribution in [2.24, 2.45) is 0 Å². The molecule has 1 fully saturated rings. The number of carboxylic acid groups (broad SMARTS) is 1. The molecule has 0 saturated carbocycles. The Kier molecular flexibility index (Phi) is 5.89. The molecule has 1 aromatic carbocycles. The van der Waals surface area contributed by atoms with Gasteiger partial charge in [-0.3, -0.25) is 9.59 Å². The second kappa shape index (κ2) is 7.73. The van der Waals surface area contributed by atoms with E-state index in [-0.39, 0.29) is 30.4 Å². The quantitative estimate of drug-likeness (QED) is 0.842. The fraction of sp³-hybridized carbons (Fsp3) is 0.500. The van der Waals surface area contributed by atoms with Gasteiger partial charge >= 0.3 is 12.1 Å². The van der Waals surface area contributed by atoms with Crippen molar-refractivity contribution in [3.63, 3.8) is 0 Å². The second-order valence-electron chi connectivity index (χ2n) is 5.73. The Hall–Kier alpha value is -2.29. The van der Waals surface area contributed by atoms with E-state index in [1.165, 1.54) is 36.3 Å². The van der Waals surface area contributed by atoms with Crippen LogP contribution in [-0.4, -0.2) is 60.5 Å². The van der Waals surface area contributed by atoms with Gasteiger partial charge in [0.1, 0.15) is 5.75 Å². The Morgan fingerprint density at radius 3 is 2.44 bits per heavy atom. The third-order valence-corrected chi connectivity index (χ3v) is 3.88. The topological polar surface area (TPSA) is 76.1 Å². The molecule has 9 heteroatoms. The lowest BCUT2D eigenvalue weighted by atomic mass is 10.1. The maximum atomic E-state index is 12.6. The molecule has 0 spiro atoms. The highest BCUT2D eigenvalue weighted by Gasteiger charge is 2.37. The van der Waals surface area contributed by atoms with Crippen LogP contribution in [0.15, 0.2) is 24.3 Å². The first-order chi connectivity index (χ1) is 11.7. The number of halogens is 3. The lowest BCUT2D eigenvalue weighted by molar-refractivity contribution is -0.153. The van der Waals surface area contributed by atoms with Crippen LogP contribution in [0, 0.1) is 0 Å². The van der Waals surface area contributed by atoms with Crippen LogP contribution < -0.4 is 4.74 Å². The first-order valence-corrected chi connectivity index (χ1v) is 7.55. The Bertz CT molecular complexity index is 617. The molecule has 1 aromatic rings. The van der Waals surface area contributed by atoms with Gasteiger partial charge in [0.25, 0.3) is 5.91 Å². The number of hydrogen-bond donors (Lipinski definition) is 1. The Morgan fingerprint density at radius 1 is 1.28 bits per heavy atom. The second-order valence-corrected chi connectivity index (χ2v) is 5.73. The summed E-state index contributed by atoms with van der Waals surface area (Å²) in [4.78, 5) is 25.0. The zero-order chi connectivity index (χ0) is 18.6. The van der Waals surface area contributed by atoms with Crippen molar-refractivity contribution < 1.29 is 37.3 Å². The highest BCUT2D eigenvalue weighted by molar-refractivity contribution is 5.95. The highest BCUT2D eigenvalue weighted by Crippen LogP contribution is 2.26. The van der Waals surface area contributed by atoms with Crippen LogP contribution in [0.1, 0.15) is 23.2 Å². The summed E-state index contributed by atoms with van der Waals surface area (Å²) in [5, 5.41) is 8.98. The van der Waals surface area contributed by atoms with Gasteiger partial charge in [0.15, 0.2) is 6.61 Å². The Labute approximate surface area is 142 Å². The number of amides is 1. The fourth-order valence-electron chi connectivity index (χ4n) is 2.71. The van der Waals surface area contributed by atoms with Crippen LogP contribution in [0.25, 0.3) is 0 Å². The number of nitrogens with zero attached hydrogens (tertiary/aromatic N) is 1. The van der Waals surface area contributed by atoms with Gasteiger partial charge in [-0.05, 0) is 30.7 Å².